The molecule has 4 saturated carbocycles. The van der Waals surface area contributed by atoms with Gasteiger partial charge in [-0.25, -0.2) is 8.42 Å². The van der Waals surface area contributed by atoms with Crippen LogP contribution in [-0.4, -0.2) is 47.9 Å². The number of aliphatic hydroxyl groups excluding tert-OH is 1. The third-order valence-electron chi connectivity index (χ3n) is 11.3. The van der Waals surface area contributed by atoms with Crippen molar-refractivity contribution in [1.29, 1.82) is 0 Å². The van der Waals surface area contributed by atoms with Gasteiger partial charge in [-0.3, -0.25) is 4.79 Å². The molecule has 9 atom stereocenters. The van der Waals surface area contributed by atoms with E-state index < -0.39 is 33.9 Å². The number of rotatable bonds is 8. The van der Waals surface area contributed by atoms with Gasteiger partial charge >= 0.3 is 17.1 Å². The number of carbonyl (C=O) groups excluding carboxylic acids is 1. The van der Waals surface area contributed by atoms with Crippen molar-refractivity contribution in [3.8, 4) is 0 Å². The maximum atomic E-state index is 13.6. The molecule has 0 aromatic heterocycles. The second kappa shape index (κ2) is 10.2. The minimum absolute atomic E-state index is 0.0130. The summed E-state index contributed by atoms with van der Waals surface area (Å²) in [5.74, 6) is -4.43. The summed E-state index contributed by atoms with van der Waals surface area (Å²) in [7, 11) is -6.63. The topological polar surface area (TPSA) is 104 Å². The fourth-order valence-corrected chi connectivity index (χ4v) is 9.71. The highest BCUT2D eigenvalue weighted by Gasteiger charge is 2.63. The van der Waals surface area contributed by atoms with Crippen LogP contribution in [0.25, 0.3) is 0 Å². The Hall–Kier alpha value is -0.940. The summed E-state index contributed by atoms with van der Waals surface area (Å²) in [6, 6.07) is 0. The molecule has 4 aliphatic rings. The van der Waals surface area contributed by atoms with Crippen LogP contribution in [0, 0.1) is 46.3 Å². The summed E-state index contributed by atoms with van der Waals surface area (Å²) in [5.41, 5.74) is 0.266. The number of halogens is 4. The fourth-order valence-electron chi connectivity index (χ4n) is 9.29. The van der Waals surface area contributed by atoms with E-state index in [0.717, 1.165) is 32.1 Å². The molecule has 0 unspecified atom stereocenters. The largest absolute Gasteiger partial charge is 0.743 e. The van der Waals surface area contributed by atoms with Gasteiger partial charge in [0.1, 0.15) is 0 Å². The molecule has 0 aromatic carbocycles. The summed E-state index contributed by atoms with van der Waals surface area (Å²) in [6.45, 7) is 4.54. The zero-order chi connectivity index (χ0) is 28.3. The Balaban J connectivity index is 1.36. The summed E-state index contributed by atoms with van der Waals surface area (Å²) < 4.78 is 89.6. The predicted molar refractivity (Wildman–Crippen MR) is 130 cm³/mol. The normalized spacial score (nSPS) is 40.6. The Kier molecular flexibility index (Phi) is 8.03. The Bertz CT molecular complexity index is 1010. The molecule has 4 fully saturated rings. The molecule has 0 radical (unpaired) electrons. The van der Waals surface area contributed by atoms with Crippen LogP contribution < -0.4 is 0 Å². The predicted octanol–water partition coefficient (Wildman–Crippen LogP) is 5.74. The van der Waals surface area contributed by atoms with Crippen molar-refractivity contribution in [2.75, 3.05) is 6.61 Å². The first-order valence-electron chi connectivity index (χ1n) is 14.0. The molecule has 38 heavy (non-hydrogen) atoms. The Morgan fingerprint density at radius 2 is 1.71 bits per heavy atom. The Morgan fingerprint density at radius 1 is 1.05 bits per heavy atom. The van der Waals surface area contributed by atoms with Crippen LogP contribution in [0.4, 0.5) is 17.6 Å². The van der Waals surface area contributed by atoms with E-state index in [-0.39, 0.29) is 41.1 Å². The standard InChI is InChI=1S/C27H42F4O6S/c1-16(7-10-22(33)37-15-26(28,29)27(30,31)38(34,35)36)18-8-9-19-23-20(11-13-25(18,19)3)24(2)12-5-4-6-17(24)14-21(23)32/h16-21,23,32H,4-15H2,1-3H3,(H,34,35,36)/p-1/t16-,17+,18-,19+,20+,21-,23+,24+,25-/m1/s1. The van der Waals surface area contributed by atoms with Gasteiger partial charge in [0.05, 0.1) is 6.10 Å². The highest BCUT2D eigenvalue weighted by Crippen LogP contribution is 2.68. The van der Waals surface area contributed by atoms with Gasteiger partial charge in [-0.2, -0.15) is 17.6 Å². The number of hydrogen-bond donors (Lipinski definition) is 1. The van der Waals surface area contributed by atoms with Crippen molar-refractivity contribution in [3.63, 3.8) is 0 Å². The van der Waals surface area contributed by atoms with Crippen LogP contribution in [0.3, 0.4) is 0 Å². The van der Waals surface area contributed by atoms with E-state index in [1.54, 1.807) is 0 Å². The van der Waals surface area contributed by atoms with Crippen molar-refractivity contribution in [2.24, 2.45) is 46.3 Å². The van der Waals surface area contributed by atoms with Gasteiger partial charge in [0, 0.05) is 6.42 Å². The quantitative estimate of drug-likeness (QED) is 0.227. The molecule has 0 saturated heterocycles. The zero-order valence-electron chi connectivity index (χ0n) is 22.4. The highest BCUT2D eigenvalue weighted by molar-refractivity contribution is 7.86. The van der Waals surface area contributed by atoms with Gasteiger partial charge in [0.15, 0.2) is 16.7 Å². The number of hydrogen-bond acceptors (Lipinski definition) is 6. The van der Waals surface area contributed by atoms with Gasteiger partial charge in [-0.05, 0) is 97.7 Å². The van der Waals surface area contributed by atoms with Crippen LogP contribution in [0.5, 0.6) is 0 Å². The molecule has 6 nitrogen and oxygen atoms in total. The average molecular weight is 570 g/mol. The van der Waals surface area contributed by atoms with Crippen molar-refractivity contribution in [3.05, 3.63) is 0 Å². The minimum atomic E-state index is -6.63. The number of alkyl halides is 4. The van der Waals surface area contributed by atoms with E-state index in [1.165, 1.54) is 25.7 Å². The summed E-state index contributed by atoms with van der Waals surface area (Å²) in [4.78, 5) is 12.1. The molecular weight excluding hydrogens is 528 g/mol. The average Bonchev–Trinajstić information content (AvgIpc) is 3.18. The molecule has 0 aliphatic heterocycles. The van der Waals surface area contributed by atoms with E-state index in [2.05, 4.69) is 18.6 Å². The summed E-state index contributed by atoms with van der Waals surface area (Å²) in [5, 5.41) is 5.44. The van der Waals surface area contributed by atoms with Crippen molar-refractivity contribution >= 4 is 16.1 Å². The second-order valence-electron chi connectivity index (χ2n) is 13.1. The maximum Gasteiger partial charge on any atom is 0.399 e. The first-order valence-corrected chi connectivity index (χ1v) is 15.4. The lowest BCUT2D eigenvalue weighted by atomic mass is 9.44. The lowest BCUT2D eigenvalue weighted by Gasteiger charge is -2.62. The molecule has 0 spiro atoms. The zero-order valence-corrected chi connectivity index (χ0v) is 23.3. The van der Waals surface area contributed by atoms with Gasteiger partial charge in [0.25, 0.3) is 0 Å². The number of esters is 1. The van der Waals surface area contributed by atoms with Gasteiger partial charge < -0.3 is 14.4 Å². The smallest absolute Gasteiger partial charge is 0.399 e. The number of aliphatic hydroxyl groups is 1. The molecule has 1 N–H and O–H groups in total. The van der Waals surface area contributed by atoms with Crippen LogP contribution in [0.2, 0.25) is 0 Å². The van der Waals surface area contributed by atoms with E-state index in [0.29, 0.717) is 24.2 Å². The third-order valence-corrected chi connectivity index (χ3v) is 12.2. The van der Waals surface area contributed by atoms with Crippen molar-refractivity contribution in [1.82, 2.24) is 0 Å². The maximum absolute atomic E-state index is 13.6. The number of fused-ring (bicyclic) bond motifs is 5. The first kappa shape index (κ1) is 30.0. The molecule has 4 rings (SSSR count). The van der Waals surface area contributed by atoms with E-state index in [9.17, 15) is 40.4 Å². The van der Waals surface area contributed by atoms with Crippen molar-refractivity contribution < 1.29 is 45.2 Å². The van der Waals surface area contributed by atoms with Crippen LogP contribution in [0.15, 0.2) is 0 Å². The molecular formula is C27H41F4O6S-. The molecule has 0 heterocycles. The van der Waals surface area contributed by atoms with Gasteiger partial charge in [-0.15, -0.1) is 0 Å². The Labute approximate surface area is 223 Å². The second-order valence-corrected chi connectivity index (χ2v) is 14.5. The molecule has 0 amide bonds. The molecule has 0 bridgehead atoms. The van der Waals surface area contributed by atoms with Gasteiger partial charge in [0.2, 0.25) is 0 Å². The first-order chi connectivity index (χ1) is 17.5. The molecule has 220 valence electrons. The van der Waals surface area contributed by atoms with Gasteiger partial charge in [-0.1, -0.05) is 33.6 Å². The monoisotopic (exact) mass is 569 g/mol. The number of ether oxygens (including phenoxy) is 1. The summed E-state index contributed by atoms with van der Waals surface area (Å²) >= 11 is 0. The van der Waals surface area contributed by atoms with Crippen LogP contribution >= 0.6 is 0 Å². The molecule has 11 heteroatoms. The van der Waals surface area contributed by atoms with Crippen LogP contribution in [-0.2, 0) is 19.6 Å². The SMILES string of the molecule is C[C@H](CCC(=O)OCC(F)(F)C(F)(F)S(=O)(=O)[O-])[C@H]1CC[C@H]2[C@@H]3[C@H](O)C[C@@H]4CCCC[C@]4(C)[C@H]3CC[C@]12C. The minimum Gasteiger partial charge on any atom is -0.743 e. The van der Waals surface area contributed by atoms with Crippen LogP contribution in [0.1, 0.15) is 91.4 Å². The van der Waals surface area contributed by atoms with E-state index in [4.69, 9.17) is 0 Å². The molecule has 4 aliphatic carbocycles. The lowest BCUT2D eigenvalue weighted by molar-refractivity contribution is -0.196. The lowest BCUT2D eigenvalue weighted by Crippen LogP contribution is -2.57. The highest BCUT2D eigenvalue weighted by atomic mass is 32.2. The van der Waals surface area contributed by atoms with Crippen molar-refractivity contribution in [2.45, 2.75) is 109 Å². The number of carbonyl (C=O) groups is 1. The summed E-state index contributed by atoms with van der Waals surface area (Å²) in [6.07, 6.45) is 9.56. The molecule has 0 aromatic rings. The Morgan fingerprint density at radius 3 is 2.37 bits per heavy atom. The fraction of sp³-hybridized carbons (Fsp3) is 0.963. The third kappa shape index (κ3) is 4.91. The van der Waals surface area contributed by atoms with E-state index >= 15 is 0 Å². The van der Waals surface area contributed by atoms with E-state index in [1.807, 2.05) is 6.92 Å².